The number of hydrogen-bond acceptors (Lipinski definition) is 4. The summed E-state index contributed by atoms with van der Waals surface area (Å²) < 4.78 is 0. The number of carbonyl (C=O) groups excluding carboxylic acids is 2. The first-order valence-corrected chi connectivity index (χ1v) is 6.09. The van der Waals surface area contributed by atoms with Crippen LogP contribution in [0.5, 0.6) is 0 Å². The molecular formula is C11H19N3O5. The molecule has 0 aromatic heterocycles. The van der Waals surface area contributed by atoms with Gasteiger partial charge in [0.05, 0.1) is 6.54 Å². The molecule has 0 spiro atoms. The molecule has 19 heavy (non-hydrogen) atoms. The van der Waals surface area contributed by atoms with Crippen molar-refractivity contribution in [1.82, 2.24) is 15.1 Å². The molecule has 0 aromatic carbocycles. The summed E-state index contributed by atoms with van der Waals surface area (Å²) in [6.45, 7) is 0.976. The maximum absolute atomic E-state index is 11.8. The van der Waals surface area contributed by atoms with E-state index < -0.39 is 24.6 Å². The molecule has 1 atom stereocenters. The molecule has 0 aliphatic carbocycles. The molecule has 1 aliphatic rings. The summed E-state index contributed by atoms with van der Waals surface area (Å²) in [6, 6.07) is -0.590. The van der Waals surface area contributed by atoms with Gasteiger partial charge in [-0.1, -0.05) is 0 Å². The molecule has 8 nitrogen and oxygen atoms in total. The quantitative estimate of drug-likeness (QED) is 0.576. The van der Waals surface area contributed by atoms with Crippen LogP contribution in [0.2, 0.25) is 0 Å². The number of carboxylic acids is 1. The van der Waals surface area contributed by atoms with Crippen molar-refractivity contribution in [3.63, 3.8) is 0 Å². The Bertz CT molecular complexity index is 354. The van der Waals surface area contributed by atoms with E-state index in [1.165, 1.54) is 7.05 Å². The van der Waals surface area contributed by atoms with Crippen molar-refractivity contribution in [3.05, 3.63) is 0 Å². The molecule has 0 unspecified atom stereocenters. The predicted molar refractivity (Wildman–Crippen MR) is 65.5 cm³/mol. The van der Waals surface area contributed by atoms with Gasteiger partial charge in [0.1, 0.15) is 6.54 Å². The minimum Gasteiger partial charge on any atom is -0.479 e. The summed E-state index contributed by atoms with van der Waals surface area (Å²) in [5.41, 5.74) is 0. The van der Waals surface area contributed by atoms with Crippen LogP contribution in [-0.2, 0) is 9.59 Å². The number of carboxylic acid groups (broad SMARTS) is 1. The van der Waals surface area contributed by atoms with Gasteiger partial charge in [0.15, 0.2) is 6.10 Å². The number of aliphatic carboxylic acids is 1. The molecule has 0 radical (unpaired) electrons. The number of amides is 3. The lowest BCUT2D eigenvalue weighted by atomic mass is 10.3. The van der Waals surface area contributed by atoms with E-state index in [9.17, 15) is 14.4 Å². The topological polar surface area (TPSA) is 110 Å². The van der Waals surface area contributed by atoms with E-state index in [0.29, 0.717) is 13.1 Å². The van der Waals surface area contributed by atoms with E-state index in [4.69, 9.17) is 10.2 Å². The molecule has 1 fully saturated rings. The highest BCUT2D eigenvalue weighted by Gasteiger charge is 2.22. The number of aliphatic hydroxyl groups excluding tert-OH is 1. The van der Waals surface area contributed by atoms with Crippen LogP contribution >= 0.6 is 0 Å². The van der Waals surface area contributed by atoms with Crippen LogP contribution in [0.15, 0.2) is 0 Å². The Kier molecular flexibility index (Phi) is 5.56. The molecular weight excluding hydrogens is 254 g/mol. The monoisotopic (exact) mass is 273 g/mol. The molecule has 0 saturated carbocycles. The Labute approximate surface area is 111 Å². The van der Waals surface area contributed by atoms with E-state index in [2.05, 4.69) is 5.32 Å². The van der Waals surface area contributed by atoms with E-state index in [1.54, 1.807) is 4.90 Å². The second-order valence-corrected chi connectivity index (χ2v) is 4.48. The fourth-order valence-corrected chi connectivity index (χ4v) is 1.75. The zero-order valence-corrected chi connectivity index (χ0v) is 10.8. The summed E-state index contributed by atoms with van der Waals surface area (Å²) in [6.07, 6.45) is 0.311. The first kappa shape index (κ1) is 15.2. The number of hydrogen-bond donors (Lipinski definition) is 3. The second kappa shape index (κ2) is 6.93. The molecule has 3 N–H and O–H groups in total. The normalized spacial score (nSPS) is 16.0. The SMILES string of the molecule is CN(CC(=O)N1CCCC1)C(=O)NC[C@H](O)C(=O)O. The minimum atomic E-state index is -1.65. The van der Waals surface area contributed by atoms with Gasteiger partial charge in [-0.3, -0.25) is 4.79 Å². The highest BCUT2D eigenvalue weighted by atomic mass is 16.4. The average Bonchev–Trinajstić information content (AvgIpc) is 2.88. The van der Waals surface area contributed by atoms with Gasteiger partial charge in [0, 0.05) is 20.1 Å². The lowest BCUT2D eigenvalue weighted by molar-refractivity contribution is -0.146. The number of urea groups is 1. The van der Waals surface area contributed by atoms with Crippen LogP contribution in [0.1, 0.15) is 12.8 Å². The Hall–Kier alpha value is -1.83. The molecule has 0 aromatic rings. The summed E-state index contributed by atoms with van der Waals surface area (Å²) in [4.78, 5) is 36.5. The van der Waals surface area contributed by atoms with Crippen LogP contribution in [0.4, 0.5) is 4.79 Å². The molecule has 108 valence electrons. The van der Waals surface area contributed by atoms with Gasteiger partial charge in [-0.05, 0) is 12.8 Å². The highest BCUT2D eigenvalue weighted by Crippen LogP contribution is 2.07. The van der Waals surface area contributed by atoms with Crippen LogP contribution < -0.4 is 5.32 Å². The minimum absolute atomic E-state index is 0.0605. The second-order valence-electron chi connectivity index (χ2n) is 4.48. The lowest BCUT2D eigenvalue weighted by Gasteiger charge is -2.21. The van der Waals surface area contributed by atoms with Gasteiger partial charge in [-0.15, -0.1) is 0 Å². The number of aliphatic hydroxyl groups is 1. The van der Waals surface area contributed by atoms with Crippen LogP contribution in [0.3, 0.4) is 0 Å². The van der Waals surface area contributed by atoms with Crippen molar-refractivity contribution in [1.29, 1.82) is 0 Å². The fraction of sp³-hybridized carbons (Fsp3) is 0.727. The predicted octanol–water partition coefficient (Wildman–Crippen LogP) is -1.30. The van der Waals surface area contributed by atoms with Crippen molar-refractivity contribution in [2.24, 2.45) is 0 Å². The van der Waals surface area contributed by atoms with Crippen LogP contribution in [-0.4, -0.2) is 77.3 Å². The summed E-state index contributed by atoms with van der Waals surface area (Å²) in [7, 11) is 1.44. The number of nitrogens with one attached hydrogen (secondary N) is 1. The van der Waals surface area contributed by atoms with E-state index >= 15 is 0 Å². The van der Waals surface area contributed by atoms with Gasteiger partial charge in [0.2, 0.25) is 5.91 Å². The molecule has 1 saturated heterocycles. The lowest BCUT2D eigenvalue weighted by Crippen LogP contribution is -2.46. The average molecular weight is 273 g/mol. The third-order valence-corrected chi connectivity index (χ3v) is 2.91. The summed E-state index contributed by atoms with van der Waals surface area (Å²) >= 11 is 0. The van der Waals surface area contributed by atoms with Crippen LogP contribution in [0, 0.1) is 0 Å². The number of rotatable bonds is 5. The zero-order chi connectivity index (χ0) is 14.4. The number of likely N-dealkylation sites (N-methyl/N-ethyl adjacent to an activating group) is 1. The zero-order valence-electron chi connectivity index (χ0n) is 10.8. The summed E-state index contributed by atoms with van der Waals surface area (Å²) in [5, 5.41) is 19.7. The molecule has 8 heteroatoms. The van der Waals surface area contributed by atoms with E-state index in [0.717, 1.165) is 17.7 Å². The summed E-state index contributed by atoms with van der Waals surface area (Å²) in [5.74, 6) is -1.54. The number of likely N-dealkylation sites (tertiary alicyclic amines) is 1. The van der Waals surface area contributed by atoms with Crippen molar-refractivity contribution in [3.8, 4) is 0 Å². The highest BCUT2D eigenvalue weighted by molar-refractivity contribution is 5.84. The third-order valence-electron chi connectivity index (χ3n) is 2.91. The Morgan fingerprint density at radius 1 is 1.32 bits per heavy atom. The first-order chi connectivity index (χ1) is 8.91. The molecule has 3 amide bonds. The standard InChI is InChI=1S/C11H19N3O5/c1-13(7-9(16)14-4-2-3-5-14)11(19)12-6-8(15)10(17)18/h8,15H,2-7H2,1H3,(H,12,19)(H,17,18)/t8-/m0/s1. The first-order valence-electron chi connectivity index (χ1n) is 6.09. The smallest absolute Gasteiger partial charge is 0.334 e. The van der Waals surface area contributed by atoms with Crippen molar-refractivity contribution < 1.29 is 24.6 Å². The van der Waals surface area contributed by atoms with E-state index in [1.807, 2.05) is 0 Å². The Morgan fingerprint density at radius 2 is 1.89 bits per heavy atom. The van der Waals surface area contributed by atoms with Gasteiger partial charge in [0.25, 0.3) is 0 Å². The maximum Gasteiger partial charge on any atom is 0.334 e. The van der Waals surface area contributed by atoms with Crippen molar-refractivity contribution in [2.75, 3.05) is 33.2 Å². The largest absolute Gasteiger partial charge is 0.479 e. The molecule has 0 bridgehead atoms. The van der Waals surface area contributed by atoms with Crippen molar-refractivity contribution in [2.45, 2.75) is 18.9 Å². The molecule has 1 heterocycles. The van der Waals surface area contributed by atoms with Gasteiger partial charge in [-0.2, -0.15) is 0 Å². The molecule has 1 rings (SSSR count). The Morgan fingerprint density at radius 3 is 2.42 bits per heavy atom. The number of carbonyl (C=O) groups is 3. The van der Waals surface area contributed by atoms with Crippen molar-refractivity contribution >= 4 is 17.9 Å². The Balaban J connectivity index is 2.31. The van der Waals surface area contributed by atoms with Gasteiger partial charge in [-0.25, -0.2) is 9.59 Å². The van der Waals surface area contributed by atoms with Gasteiger partial charge >= 0.3 is 12.0 Å². The molecule has 1 aliphatic heterocycles. The van der Waals surface area contributed by atoms with Gasteiger partial charge < -0.3 is 25.3 Å². The number of nitrogens with zero attached hydrogens (tertiary/aromatic N) is 2. The third kappa shape index (κ3) is 4.74. The van der Waals surface area contributed by atoms with E-state index in [-0.39, 0.29) is 12.5 Å². The maximum atomic E-state index is 11.8. The fourth-order valence-electron chi connectivity index (χ4n) is 1.75. The van der Waals surface area contributed by atoms with Crippen LogP contribution in [0.25, 0.3) is 0 Å².